The molecule has 0 aromatic heterocycles. The predicted octanol–water partition coefficient (Wildman–Crippen LogP) is 1.21. The van der Waals surface area contributed by atoms with Crippen LogP contribution in [0.2, 0.25) is 0 Å². The van der Waals surface area contributed by atoms with Crippen LogP contribution in [0.3, 0.4) is 0 Å². The minimum absolute atomic E-state index is 0.0554. The maximum atomic E-state index is 13.0. The molecule has 0 amide bonds. The fourth-order valence-electron chi connectivity index (χ4n) is 3.06. The Morgan fingerprint density at radius 1 is 1.00 bits per heavy atom. The fraction of sp³-hybridized carbons (Fsp3) is 0.833. The molecule has 8 heteroatoms. The largest absolute Gasteiger partial charge is 0.465 e. The normalized spacial score (nSPS) is 22.4. The van der Waals surface area contributed by atoms with Gasteiger partial charge in [-0.15, -0.1) is 0 Å². The van der Waals surface area contributed by atoms with Gasteiger partial charge >= 0.3 is 17.9 Å². The molecule has 1 fully saturated rings. The highest BCUT2D eigenvalue weighted by molar-refractivity contribution is 6.06. The minimum Gasteiger partial charge on any atom is -0.465 e. The summed E-state index contributed by atoms with van der Waals surface area (Å²) in [5.41, 5.74) is -2.74. The lowest BCUT2D eigenvalue weighted by molar-refractivity contribution is -0.200. The van der Waals surface area contributed by atoms with Crippen LogP contribution < -0.4 is 5.32 Å². The zero-order valence-corrected chi connectivity index (χ0v) is 16.5. The molecule has 8 nitrogen and oxygen atoms in total. The summed E-state index contributed by atoms with van der Waals surface area (Å²) in [6, 6.07) is -1.26. The summed E-state index contributed by atoms with van der Waals surface area (Å²) in [4.78, 5) is 38.7. The van der Waals surface area contributed by atoms with E-state index < -0.39 is 41.1 Å². The van der Waals surface area contributed by atoms with Gasteiger partial charge in [-0.25, -0.2) is 0 Å². The first-order valence-electron chi connectivity index (χ1n) is 9.07. The van der Waals surface area contributed by atoms with Gasteiger partial charge in [0.15, 0.2) is 0 Å². The number of hydrogen-bond acceptors (Lipinski definition) is 8. The lowest BCUT2D eigenvalue weighted by Gasteiger charge is -2.44. The summed E-state index contributed by atoms with van der Waals surface area (Å²) in [5.74, 6) is -2.41. The van der Waals surface area contributed by atoms with Crippen molar-refractivity contribution in [1.29, 1.82) is 0 Å². The summed E-state index contributed by atoms with van der Waals surface area (Å²) in [5, 5.41) is 2.94. The lowest BCUT2D eigenvalue weighted by Crippen LogP contribution is -2.69. The van der Waals surface area contributed by atoms with Crippen molar-refractivity contribution in [1.82, 2.24) is 5.32 Å². The number of ether oxygens (including phenoxy) is 4. The van der Waals surface area contributed by atoms with Crippen LogP contribution >= 0.6 is 0 Å². The van der Waals surface area contributed by atoms with Gasteiger partial charge in [0.05, 0.1) is 19.3 Å². The van der Waals surface area contributed by atoms with Crippen LogP contribution in [0.1, 0.15) is 48.0 Å². The molecule has 1 saturated heterocycles. The van der Waals surface area contributed by atoms with E-state index in [1.807, 2.05) is 0 Å². The highest BCUT2D eigenvalue weighted by Crippen LogP contribution is 2.38. The third kappa shape index (κ3) is 4.73. The second-order valence-electron chi connectivity index (χ2n) is 6.96. The Hall–Kier alpha value is -1.67. The van der Waals surface area contributed by atoms with Gasteiger partial charge in [-0.3, -0.25) is 14.4 Å². The van der Waals surface area contributed by atoms with Crippen molar-refractivity contribution in [3.63, 3.8) is 0 Å². The molecule has 0 saturated carbocycles. The third-order valence-electron chi connectivity index (χ3n) is 3.95. The minimum atomic E-state index is -1.96. The Labute approximate surface area is 154 Å². The van der Waals surface area contributed by atoms with Crippen LogP contribution in [0.4, 0.5) is 0 Å². The molecular weight excluding hydrogens is 342 g/mol. The van der Waals surface area contributed by atoms with Gasteiger partial charge in [0.2, 0.25) is 5.41 Å². The lowest BCUT2D eigenvalue weighted by atomic mass is 9.71. The van der Waals surface area contributed by atoms with Crippen LogP contribution in [0.15, 0.2) is 0 Å². The molecule has 1 heterocycles. The van der Waals surface area contributed by atoms with Crippen molar-refractivity contribution in [3.05, 3.63) is 0 Å². The van der Waals surface area contributed by atoms with E-state index in [-0.39, 0.29) is 19.8 Å². The van der Waals surface area contributed by atoms with Gasteiger partial charge in [0.25, 0.3) is 0 Å². The van der Waals surface area contributed by atoms with Crippen molar-refractivity contribution in [2.75, 3.05) is 26.4 Å². The van der Waals surface area contributed by atoms with E-state index in [0.29, 0.717) is 13.0 Å². The maximum Gasteiger partial charge on any atom is 0.328 e. The number of nitrogens with one attached hydrogen (secondary N) is 1. The van der Waals surface area contributed by atoms with E-state index in [1.54, 1.807) is 41.5 Å². The monoisotopic (exact) mass is 373 g/mol. The number of rotatable bonds is 7. The molecule has 0 spiro atoms. The molecule has 1 rings (SSSR count). The Kier molecular flexibility index (Phi) is 8.02. The molecule has 150 valence electrons. The summed E-state index contributed by atoms with van der Waals surface area (Å²) < 4.78 is 21.5. The summed E-state index contributed by atoms with van der Waals surface area (Å²) in [6.07, 6.45) is -0.505. The van der Waals surface area contributed by atoms with Gasteiger partial charge in [-0.2, -0.15) is 0 Å². The van der Waals surface area contributed by atoms with E-state index in [0.717, 1.165) is 0 Å². The molecule has 0 unspecified atom stereocenters. The number of esters is 3. The van der Waals surface area contributed by atoms with Crippen LogP contribution in [-0.4, -0.2) is 62.0 Å². The average Bonchev–Trinajstić information content (AvgIpc) is 2.53. The number of carbonyl (C=O) groups is 3. The van der Waals surface area contributed by atoms with E-state index >= 15 is 0 Å². The second-order valence-corrected chi connectivity index (χ2v) is 6.96. The van der Waals surface area contributed by atoms with E-state index in [1.165, 1.54) is 0 Å². The Balaban J connectivity index is 3.47. The molecular formula is C18H31NO7. The van der Waals surface area contributed by atoms with Crippen molar-refractivity contribution in [3.8, 4) is 0 Å². The van der Waals surface area contributed by atoms with Gasteiger partial charge < -0.3 is 24.3 Å². The smallest absolute Gasteiger partial charge is 0.328 e. The number of piperidine rings is 1. The number of hydrogen-bond donors (Lipinski definition) is 1. The van der Waals surface area contributed by atoms with Crippen molar-refractivity contribution >= 4 is 17.9 Å². The Morgan fingerprint density at radius 2 is 1.54 bits per heavy atom. The molecule has 26 heavy (non-hydrogen) atoms. The summed E-state index contributed by atoms with van der Waals surface area (Å²) in [6.45, 7) is 10.9. The van der Waals surface area contributed by atoms with Crippen molar-refractivity contribution in [2.24, 2.45) is 5.41 Å². The highest BCUT2D eigenvalue weighted by Gasteiger charge is 2.65. The molecule has 1 aliphatic heterocycles. The second kappa shape index (κ2) is 9.32. The first kappa shape index (κ1) is 22.4. The Morgan fingerprint density at radius 3 is 1.96 bits per heavy atom. The van der Waals surface area contributed by atoms with Gasteiger partial charge in [0.1, 0.15) is 11.6 Å². The van der Waals surface area contributed by atoms with Crippen LogP contribution in [-0.2, 0) is 33.3 Å². The SMILES string of the molecule is CCOC(=O)C1(C(=O)OCC)[C@@H](OCC)CCN[C@H]1C(=O)OC(C)(C)C. The van der Waals surface area contributed by atoms with E-state index in [9.17, 15) is 14.4 Å². The summed E-state index contributed by atoms with van der Waals surface area (Å²) >= 11 is 0. The van der Waals surface area contributed by atoms with Crippen molar-refractivity contribution < 1.29 is 33.3 Å². The summed E-state index contributed by atoms with van der Waals surface area (Å²) in [7, 11) is 0. The molecule has 0 aliphatic carbocycles. The van der Waals surface area contributed by atoms with Crippen LogP contribution in [0, 0.1) is 5.41 Å². The van der Waals surface area contributed by atoms with Gasteiger partial charge in [-0.05, 0) is 54.5 Å². The number of carbonyl (C=O) groups excluding carboxylic acids is 3. The fourth-order valence-corrected chi connectivity index (χ4v) is 3.06. The maximum absolute atomic E-state index is 13.0. The van der Waals surface area contributed by atoms with Gasteiger partial charge in [0, 0.05) is 6.61 Å². The van der Waals surface area contributed by atoms with Gasteiger partial charge in [-0.1, -0.05) is 0 Å². The standard InChI is InChI=1S/C18H31NO7/c1-7-23-12-10-11-19-13(14(20)26-17(4,5)6)18(12,15(21)24-8-2)16(22)25-9-3/h12-13,19H,7-11H2,1-6H3/t12-,13-/m0/s1. The molecule has 2 atom stereocenters. The average molecular weight is 373 g/mol. The molecule has 0 aromatic carbocycles. The topological polar surface area (TPSA) is 100 Å². The highest BCUT2D eigenvalue weighted by atomic mass is 16.6. The van der Waals surface area contributed by atoms with E-state index in [2.05, 4.69) is 5.32 Å². The van der Waals surface area contributed by atoms with E-state index in [4.69, 9.17) is 18.9 Å². The molecule has 1 N–H and O–H groups in total. The molecule has 0 bridgehead atoms. The van der Waals surface area contributed by atoms with Crippen molar-refractivity contribution in [2.45, 2.75) is 65.7 Å². The molecule has 0 radical (unpaired) electrons. The molecule has 1 aliphatic rings. The third-order valence-corrected chi connectivity index (χ3v) is 3.95. The first-order chi connectivity index (χ1) is 12.1. The quantitative estimate of drug-likeness (QED) is 0.404. The Bertz CT molecular complexity index is 492. The zero-order valence-electron chi connectivity index (χ0n) is 16.5. The van der Waals surface area contributed by atoms with Crippen LogP contribution in [0.5, 0.6) is 0 Å². The zero-order chi connectivity index (χ0) is 20.0. The molecule has 0 aromatic rings. The predicted molar refractivity (Wildman–Crippen MR) is 93.4 cm³/mol. The first-order valence-corrected chi connectivity index (χ1v) is 9.07. The van der Waals surface area contributed by atoms with Crippen LogP contribution in [0.25, 0.3) is 0 Å².